The number of sulfonamides is 1. The van der Waals surface area contributed by atoms with Crippen LogP contribution in [-0.2, 0) is 16.2 Å². The quantitative estimate of drug-likeness (QED) is 0.742. The maximum atomic E-state index is 13.1. The van der Waals surface area contributed by atoms with Crippen molar-refractivity contribution in [3.05, 3.63) is 59.7 Å². The third-order valence-corrected chi connectivity index (χ3v) is 5.66. The third kappa shape index (κ3) is 5.21. The molecule has 2 rings (SSSR count). The van der Waals surface area contributed by atoms with E-state index < -0.39 is 26.7 Å². The molecule has 0 radical (unpaired) electrons. The van der Waals surface area contributed by atoms with Crippen LogP contribution in [0.15, 0.2) is 53.4 Å². The van der Waals surface area contributed by atoms with Crippen LogP contribution in [0.2, 0.25) is 0 Å². The van der Waals surface area contributed by atoms with Gasteiger partial charge < -0.3 is 9.64 Å². The lowest BCUT2D eigenvalue weighted by Crippen LogP contribution is -3.07. The Hall–Kier alpha value is -2.10. The summed E-state index contributed by atoms with van der Waals surface area (Å²) in [6, 6.07) is 10.9. The van der Waals surface area contributed by atoms with Crippen molar-refractivity contribution >= 4 is 10.0 Å². The van der Waals surface area contributed by atoms with Crippen molar-refractivity contribution in [1.82, 2.24) is 4.72 Å². The monoisotopic (exact) mass is 403 g/mol. The first-order valence-electron chi connectivity index (χ1n) is 8.16. The number of ether oxygens (including phenoxy) is 1. The molecule has 0 saturated heterocycles. The Morgan fingerprint density at radius 3 is 2.19 bits per heavy atom. The van der Waals surface area contributed by atoms with Crippen molar-refractivity contribution in [2.45, 2.75) is 17.1 Å². The maximum absolute atomic E-state index is 13.1. The predicted octanol–water partition coefficient (Wildman–Crippen LogP) is 1.88. The number of alkyl halides is 3. The van der Waals surface area contributed by atoms with Gasteiger partial charge in [-0.05, 0) is 36.4 Å². The number of likely N-dealkylation sites (N-methyl/N-ethyl adjacent to an activating group) is 1. The van der Waals surface area contributed by atoms with Gasteiger partial charge in [0, 0.05) is 5.56 Å². The number of nitrogens with one attached hydrogen (secondary N) is 2. The number of rotatable bonds is 7. The lowest BCUT2D eigenvalue weighted by molar-refractivity contribution is -0.890. The fraction of sp³-hybridized carbons (Fsp3) is 0.333. The Bertz CT molecular complexity index is 866. The molecule has 27 heavy (non-hydrogen) atoms. The van der Waals surface area contributed by atoms with E-state index in [0.29, 0.717) is 5.75 Å². The molecule has 1 atom stereocenters. The lowest BCUT2D eigenvalue weighted by Gasteiger charge is -2.23. The molecule has 0 spiro atoms. The van der Waals surface area contributed by atoms with Crippen LogP contribution in [0.5, 0.6) is 5.75 Å². The summed E-state index contributed by atoms with van der Waals surface area (Å²) >= 11 is 0. The molecule has 0 heterocycles. The summed E-state index contributed by atoms with van der Waals surface area (Å²) < 4.78 is 71.9. The van der Waals surface area contributed by atoms with Gasteiger partial charge in [0.15, 0.2) is 0 Å². The molecule has 0 aliphatic carbocycles. The molecule has 5 nitrogen and oxygen atoms in total. The Labute approximate surface area is 156 Å². The van der Waals surface area contributed by atoms with Gasteiger partial charge in [0.05, 0.1) is 38.2 Å². The maximum Gasteiger partial charge on any atom is 0.417 e. The molecule has 0 aliphatic heterocycles. The summed E-state index contributed by atoms with van der Waals surface area (Å²) in [5.74, 6) is 0.658. The molecule has 0 unspecified atom stereocenters. The minimum absolute atomic E-state index is 0.0524. The van der Waals surface area contributed by atoms with Gasteiger partial charge in [0.25, 0.3) is 0 Å². The molecule has 0 bridgehead atoms. The fourth-order valence-electron chi connectivity index (χ4n) is 2.70. The zero-order chi connectivity index (χ0) is 20.2. The van der Waals surface area contributed by atoms with Crippen LogP contribution in [0.1, 0.15) is 17.2 Å². The molecule has 2 aromatic rings. The van der Waals surface area contributed by atoms with Crippen molar-refractivity contribution in [2.24, 2.45) is 0 Å². The van der Waals surface area contributed by atoms with Gasteiger partial charge in [0.1, 0.15) is 11.8 Å². The molecule has 0 aromatic heterocycles. The molecule has 148 valence electrons. The van der Waals surface area contributed by atoms with Crippen molar-refractivity contribution in [3.8, 4) is 5.75 Å². The first kappa shape index (κ1) is 21.2. The standard InChI is InChI=1S/C18H21F3N2O3S/c1-23(2)16(13-8-10-14(26-3)11-9-13)12-22-27(24,25)17-7-5-4-6-15(17)18(19,20)21/h4-11,16,22H,12H2,1-3H3/p+1/t16-/m1/s1. The van der Waals surface area contributed by atoms with Crippen LogP contribution in [0.4, 0.5) is 13.2 Å². The molecule has 0 amide bonds. The van der Waals surface area contributed by atoms with Crippen LogP contribution < -0.4 is 14.4 Å². The highest BCUT2D eigenvalue weighted by Gasteiger charge is 2.37. The minimum Gasteiger partial charge on any atom is -0.497 e. The van der Waals surface area contributed by atoms with Crippen molar-refractivity contribution in [2.75, 3.05) is 27.7 Å². The van der Waals surface area contributed by atoms with Gasteiger partial charge in [-0.2, -0.15) is 13.2 Å². The number of benzene rings is 2. The predicted molar refractivity (Wildman–Crippen MR) is 95.2 cm³/mol. The average Bonchev–Trinajstić information content (AvgIpc) is 2.61. The van der Waals surface area contributed by atoms with E-state index in [2.05, 4.69) is 4.72 Å². The summed E-state index contributed by atoms with van der Waals surface area (Å²) in [6.07, 6.45) is -4.76. The number of hydrogen-bond acceptors (Lipinski definition) is 3. The molecule has 0 aliphatic rings. The molecule has 0 fully saturated rings. The van der Waals surface area contributed by atoms with E-state index in [0.717, 1.165) is 28.7 Å². The Morgan fingerprint density at radius 1 is 1.07 bits per heavy atom. The minimum atomic E-state index is -4.76. The van der Waals surface area contributed by atoms with Gasteiger partial charge in [0.2, 0.25) is 10.0 Å². The van der Waals surface area contributed by atoms with E-state index in [1.165, 1.54) is 13.2 Å². The van der Waals surface area contributed by atoms with Crippen molar-refractivity contribution in [3.63, 3.8) is 0 Å². The summed E-state index contributed by atoms with van der Waals surface area (Å²) in [4.78, 5) is 0.145. The highest BCUT2D eigenvalue weighted by Crippen LogP contribution is 2.33. The molecule has 9 heteroatoms. The topological polar surface area (TPSA) is 59.8 Å². The van der Waals surface area contributed by atoms with E-state index in [1.807, 2.05) is 14.1 Å². The molecule has 2 N–H and O–H groups in total. The zero-order valence-electron chi connectivity index (χ0n) is 15.2. The largest absolute Gasteiger partial charge is 0.497 e. The van der Waals surface area contributed by atoms with Crippen LogP contribution >= 0.6 is 0 Å². The van der Waals surface area contributed by atoms with Gasteiger partial charge in [-0.3, -0.25) is 0 Å². The average molecular weight is 403 g/mol. The van der Waals surface area contributed by atoms with E-state index in [1.54, 1.807) is 24.3 Å². The molecular formula is C18H22F3N2O3S+. The second-order valence-electron chi connectivity index (χ2n) is 6.25. The van der Waals surface area contributed by atoms with Crippen LogP contribution in [-0.4, -0.2) is 36.2 Å². The van der Waals surface area contributed by atoms with Gasteiger partial charge in [-0.15, -0.1) is 0 Å². The summed E-state index contributed by atoms with van der Waals surface area (Å²) in [5.41, 5.74) is -0.349. The Kier molecular flexibility index (Phi) is 6.50. The number of hydrogen-bond donors (Lipinski definition) is 2. The Morgan fingerprint density at radius 2 is 1.67 bits per heavy atom. The smallest absolute Gasteiger partial charge is 0.417 e. The van der Waals surface area contributed by atoms with Crippen LogP contribution in [0.3, 0.4) is 0 Å². The number of halogens is 3. The number of quaternary nitrogens is 1. The van der Waals surface area contributed by atoms with Crippen LogP contribution in [0, 0.1) is 0 Å². The highest BCUT2D eigenvalue weighted by molar-refractivity contribution is 7.89. The SMILES string of the molecule is COc1ccc([C@@H](CNS(=O)(=O)c2ccccc2C(F)(F)F)[NH+](C)C)cc1. The molecule has 2 aromatic carbocycles. The van der Waals surface area contributed by atoms with Crippen molar-refractivity contribution in [1.29, 1.82) is 0 Å². The van der Waals surface area contributed by atoms with Gasteiger partial charge in [-0.1, -0.05) is 12.1 Å². The Balaban J connectivity index is 2.26. The van der Waals surface area contributed by atoms with E-state index in [4.69, 9.17) is 4.74 Å². The van der Waals surface area contributed by atoms with E-state index in [9.17, 15) is 21.6 Å². The first-order valence-corrected chi connectivity index (χ1v) is 9.64. The molecule has 0 saturated carbocycles. The third-order valence-electron chi connectivity index (χ3n) is 4.17. The van der Waals surface area contributed by atoms with Crippen molar-refractivity contribution < 1.29 is 31.2 Å². The van der Waals surface area contributed by atoms with Crippen LogP contribution in [0.25, 0.3) is 0 Å². The lowest BCUT2D eigenvalue weighted by atomic mass is 10.1. The zero-order valence-corrected chi connectivity index (χ0v) is 16.0. The molecular weight excluding hydrogens is 381 g/mol. The number of methoxy groups -OCH3 is 1. The summed E-state index contributed by atoms with van der Waals surface area (Å²) in [6.45, 7) is -0.0524. The second kappa shape index (κ2) is 8.28. The summed E-state index contributed by atoms with van der Waals surface area (Å²) in [7, 11) is 0.886. The van der Waals surface area contributed by atoms with Gasteiger partial charge >= 0.3 is 6.18 Å². The first-order chi connectivity index (χ1) is 12.6. The fourth-order valence-corrected chi connectivity index (χ4v) is 3.97. The normalized spacial score (nSPS) is 13.6. The summed E-state index contributed by atoms with van der Waals surface area (Å²) in [5, 5.41) is 0. The van der Waals surface area contributed by atoms with E-state index >= 15 is 0 Å². The second-order valence-corrected chi connectivity index (χ2v) is 7.98. The van der Waals surface area contributed by atoms with Gasteiger partial charge in [-0.25, -0.2) is 13.1 Å². The highest BCUT2D eigenvalue weighted by atomic mass is 32.2. The van der Waals surface area contributed by atoms with E-state index in [-0.39, 0.29) is 12.6 Å².